The molecule has 0 saturated heterocycles. The van der Waals surface area contributed by atoms with Gasteiger partial charge in [-0.05, 0) is 16.8 Å². The van der Waals surface area contributed by atoms with Gasteiger partial charge in [-0.1, -0.05) is 63.1 Å². The van der Waals surface area contributed by atoms with Gasteiger partial charge in [-0.25, -0.2) is 5.09 Å². The summed E-state index contributed by atoms with van der Waals surface area (Å²) in [7, 11) is -4.14. The molecule has 2 aromatic carbocycles. The molecule has 0 aliphatic rings. The molecule has 8 heteroatoms. The van der Waals surface area contributed by atoms with E-state index in [1.165, 1.54) is 18.9 Å². The first kappa shape index (κ1) is 22.8. The minimum absolute atomic E-state index is 0.122. The van der Waals surface area contributed by atoms with Gasteiger partial charge >= 0.3 is 11.9 Å². The molecule has 148 valence electrons. The highest BCUT2D eigenvalue weighted by atomic mass is 31.2. The minimum atomic E-state index is -4.14. The molecule has 0 saturated carbocycles. The Morgan fingerprint density at radius 3 is 2.00 bits per heavy atom. The number of nitrogens with one attached hydrogen (secondary N) is 1. The Morgan fingerprint density at radius 2 is 1.48 bits per heavy atom. The van der Waals surface area contributed by atoms with Crippen molar-refractivity contribution in [2.45, 2.75) is 45.6 Å². The average molecular weight is 395 g/mol. The van der Waals surface area contributed by atoms with Crippen molar-refractivity contribution in [2.75, 3.05) is 0 Å². The number of benzene rings is 2. The fraction of sp³-hybridized carbons (Fsp3) is 0.368. The van der Waals surface area contributed by atoms with Crippen molar-refractivity contribution in [3.8, 4) is 0 Å². The van der Waals surface area contributed by atoms with E-state index >= 15 is 0 Å². The van der Waals surface area contributed by atoms with Gasteiger partial charge in [0.15, 0.2) is 0 Å². The van der Waals surface area contributed by atoms with E-state index in [2.05, 4.69) is 18.9 Å². The van der Waals surface area contributed by atoms with Crippen LogP contribution in [0.2, 0.25) is 0 Å². The van der Waals surface area contributed by atoms with Crippen molar-refractivity contribution < 1.29 is 29.3 Å². The smallest absolute Gasteiger partial charge is 0.304 e. The highest BCUT2D eigenvalue weighted by Crippen LogP contribution is 2.38. The summed E-state index contributed by atoms with van der Waals surface area (Å²) in [6.07, 6.45) is 1.50. The fourth-order valence-corrected chi connectivity index (χ4v) is 4.01. The molecule has 1 atom stereocenters. The second kappa shape index (κ2) is 10.8. The Morgan fingerprint density at radius 1 is 0.963 bits per heavy atom. The SMILES string of the molecule is CCCC.O=C(O)CC(CC(=O)O)NP(=O)(O)c1cccc2ccccc12. The molecule has 0 radical (unpaired) electrons. The Bertz CT molecular complexity index is 799. The van der Waals surface area contributed by atoms with Gasteiger partial charge in [0.05, 0.1) is 18.1 Å². The molecule has 0 aromatic heterocycles. The van der Waals surface area contributed by atoms with E-state index in [1.54, 1.807) is 36.4 Å². The van der Waals surface area contributed by atoms with Gasteiger partial charge < -0.3 is 15.1 Å². The Labute approximate surface area is 158 Å². The van der Waals surface area contributed by atoms with Gasteiger partial charge in [0, 0.05) is 6.04 Å². The van der Waals surface area contributed by atoms with E-state index in [1.807, 2.05) is 0 Å². The summed E-state index contributed by atoms with van der Waals surface area (Å²) in [5.41, 5.74) is 0. The lowest BCUT2D eigenvalue weighted by Crippen LogP contribution is -2.34. The van der Waals surface area contributed by atoms with Gasteiger partial charge in [-0.3, -0.25) is 14.2 Å². The summed E-state index contributed by atoms with van der Waals surface area (Å²) in [6.45, 7) is 4.36. The Kier molecular flexibility index (Phi) is 9.15. The van der Waals surface area contributed by atoms with E-state index in [9.17, 15) is 19.0 Å². The van der Waals surface area contributed by atoms with Crippen LogP contribution >= 0.6 is 7.52 Å². The maximum atomic E-state index is 12.7. The first-order valence-corrected chi connectivity index (χ1v) is 10.4. The molecule has 2 aromatic rings. The Balaban J connectivity index is 0.000000828. The van der Waals surface area contributed by atoms with Gasteiger partial charge in [0.1, 0.15) is 0 Å². The summed E-state index contributed by atoms with van der Waals surface area (Å²) in [5, 5.41) is 21.4. The monoisotopic (exact) mass is 395 g/mol. The largest absolute Gasteiger partial charge is 0.481 e. The van der Waals surface area contributed by atoms with Crippen LogP contribution < -0.4 is 10.4 Å². The van der Waals surface area contributed by atoms with Crippen molar-refractivity contribution in [1.29, 1.82) is 0 Å². The third-order valence-corrected chi connectivity index (χ3v) is 5.55. The van der Waals surface area contributed by atoms with E-state index in [4.69, 9.17) is 10.2 Å². The molecule has 0 spiro atoms. The normalized spacial score (nSPS) is 12.9. The molecule has 27 heavy (non-hydrogen) atoms. The van der Waals surface area contributed by atoms with Crippen molar-refractivity contribution in [3.05, 3.63) is 42.5 Å². The number of unbranched alkanes of at least 4 members (excludes halogenated alkanes) is 1. The van der Waals surface area contributed by atoms with Crippen LogP contribution in [0, 0.1) is 0 Å². The number of carbonyl (C=O) groups is 2. The summed E-state index contributed by atoms with van der Waals surface area (Å²) in [4.78, 5) is 32.0. The van der Waals surface area contributed by atoms with Crippen LogP contribution in [-0.2, 0) is 14.2 Å². The zero-order valence-electron chi connectivity index (χ0n) is 15.5. The summed E-state index contributed by atoms with van der Waals surface area (Å²) >= 11 is 0. The van der Waals surface area contributed by atoms with Crippen molar-refractivity contribution in [3.63, 3.8) is 0 Å². The van der Waals surface area contributed by atoms with Crippen LogP contribution in [0.4, 0.5) is 0 Å². The zero-order chi connectivity index (χ0) is 20.4. The molecule has 0 fully saturated rings. The van der Waals surface area contributed by atoms with E-state index in [0.717, 1.165) is 5.39 Å². The number of carboxylic acids is 2. The molecule has 0 heterocycles. The first-order chi connectivity index (χ1) is 12.7. The molecule has 0 aliphatic heterocycles. The number of aliphatic carboxylic acids is 2. The predicted molar refractivity (Wildman–Crippen MR) is 105 cm³/mol. The van der Waals surface area contributed by atoms with E-state index in [0.29, 0.717) is 5.39 Å². The lowest BCUT2D eigenvalue weighted by molar-refractivity contribution is -0.139. The quantitative estimate of drug-likeness (QED) is 0.505. The predicted octanol–water partition coefficient (Wildman–Crippen LogP) is 3.36. The summed E-state index contributed by atoms with van der Waals surface area (Å²) in [5.74, 6) is -2.50. The van der Waals surface area contributed by atoms with Gasteiger partial charge in [0.25, 0.3) is 7.52 Å². The minimum Gasteiger partial charge on any atom is -0.481 e. The standard InChI is InChI=1S/C15H16NO6P.C4H10/c17-14(18)8-11(9-15(19)20)16-23(21,22)13-7-3-5-10-4-1-2-6-12(10)13;1-3-4-2/h1-7,11H,8-9H2,(H,17,18)(H,19,20)(H2,16,21,22);3-4H2,1-2H3. The molecule has 0 bridgehead atoms. The maximum absolute atomic E-state index is 12.7. The van der Waals surface area contributed by atoms with Crippen LogP contribution in [0.25, 0.3) is 10.8 Å². The second-order valence-electron chi connectivity index (χ2n) is 6.10. The zero-order valence-corrected chi connectivity index (χ0v) is 16.4. The number of carboxylic acid groups (broad SMARTS) is 2. The van der Waals surface area contributed by atoms with Crippen LogP contribution in [0.3, 0.4) is 0 Å². The number of hydrogen-bond acceptors (Lipinski definition) is 3. The third kappa shape index (κ3) is 7.51. The maximum Gasteiger partial charge on any atom is 0.304 e. The van der Waals surface area contributed by atoms with Crippen molar-refractivity contribution in [1.82, 2.24) is 5.09 Å². The molecule has 7 nitrogen and oxygen atoms in total. The molecule has 2 rings (SSSR count). The van der Waals surface area contributed by atoms with Crippen LogP contribution in [0.15, 0.2) is 42.5 Å². The molecule has 4 N–H and O–H groups in total. The number of fused-ring (bicyclic) bond motifs is 1. The highest BCUT2D eigenvalue weighted by molar-refractivity contribution is 7.64. The number of rotatable bonds is 8. The van der Waals surface area contributed by atoms with Crippen LogP contribution in [0.1, 0.15) is 39.5 Å². The lowest BCUT2D eigenvalue weighted by atomic mass is 10.1. The van der Waals surface area contributed by atoms with Gasteiger partial charge in [-0.15, -0.1) is 0 Å². The van der Waals surface area contributed by atoms with Gasteiger partial charge in [-0.2, -0.15) is 0 Å². The fourth-order valence-electron chi connectivity index (χ4n) is 2.37. The highest BCUT2D eigenvalue weighted by Gasteiger charge is 2.29. The molecule has 1 unspecified atom stereocenters. The Hall–Kier alpha value is -2.21. The van der Waals surface area contributed by atoms with Crippen molar-refractivity contribution in [2.24, 2.45) is 0 Å². The topological polar surface area (TPSA) is 124 Å². The van der Waals surface area contributed by atoms with E-state index in [-0.39, 0.29) is 5.30 Å². The third-order valence-electron chi connectivity index (χ3n) is 3.79. The summed E-state index contributed by atoms with van der Waals surface area (Å²) < 4.78 is 12.7. The summed E-state index contributed by atoms with van der Waals surface area (Å²) in [6, 6.07) is 10.7. The van der Waals surface area contributed by atoms with Crippen molar-refractivity contribution >= 4 is 35.5 Å². The molecule has 0 amide bonds. The molecule has 0 aliphatic carbocycles. The van der Waals surface area contributed by atoms with Gasteiger partial charge in [0.2, 0.25) is 0 Å². The number of hydrogen-bond donors (Lipinski definition) is 4. The second-order valence-corrected chi connectivity index (χ2v) is 7.99. The van der Waals surface area contributed by atoms with Crippen LogP contribution in [0.5, 0.6) is 0 Å². The molecular weight excluding hydrogens is 369 g/mol. The lowest BCUT2D eigenvalue weighted by Gasteiger charge is -2.21. The van der Waals surface area contributed by atoms with Crippen LogP contribution in [-0.4, -0.2) is 33.1 Å². The molecular formula is C19H26NO6P. The first-order valence-electron chi connectivity index (χ1n) is 8.73. The van der Waals surface area contributed by atoms with E-state index < -0.39 is 38.3 Å². The average Bonchev–Trinajstić information content (AvgIpc) is 2.59.